The number of rotatable bonds is 3. The molecular weight excluding hydrogens is 214 g/mol. The molecular formula is C10H17NO3S. The Bertz CT molecular complexity index is 257. The van der Waals surface area contributed by atoms with Gasteiger partial charge in [-0.1, -0.05) is 6.42 Å². The highest BCUT2D eigenvalue weighted by Crippen LogP contribution is 2.20. The Balaban J connectivity index is 2.77. The zero-order valence-electron chi connectivity index (χ0n) is 8.85. The molecule has 1 aliphatic rings. The molecule has 0 aromatic carbocycles. The number of hydrogen-bond donors (Lipinski definition) is 2. The van der Waals surface area contributed by atoms with Crippen molar-refractivity contribution >= 4 is 24.5 Å². The molecule has 0 bridgehead atoms. The van der Waals surface area contributed by atoms with Crippen molar-refractivity contribution in [3.05, 3.63) is 0 Å². The van der Waals surface area contributed by atoms with Gasteiger partial charge >= 0.3 is 5.97 Å². The number of likely N-dealkylation sites (tertiary alicyclic amines) is 1. The van der Waals surface area contributed by atoms with Crippen LogP contribution in [0, 0.1) is 5.92 Å². The second kappa shape index (κ2) is 5.39. The summed E-state index contributed by atoms with van der Waals surface area (Å²) in [6.45, 7) is 2.11. The summed E-state index contributed by atoms with van der Waals surface area (Å²) in [5.41, 5.74) is 0. The van der Waals surface area contributed by atoms with Crippen LogP contribution < -0.4 is 0 Å². The maximum Gasteiger partial charge on any atom is 0.326 e. The molecule has 1 amide bonds. The van der Waals surface area contributed by atoms with Gasteiger partial charge in [-0.3, -0.25) is 4.79 Å². The number of amides is 1. The molecule has 0 radical (unpaired) electrons. The van der Waals surface area contributed by atoms with E-state index in [4.69, 9.17) is 5.11 Å². The molecule has 1 saturated heterocycles. The van der Waals surface area contributed by atoms with Gasteiger partial charge < -0.3 is 10.0 Å². The number of carbonyl (C=O) groups excluding carboxylic acids is 1. The highest BCUT2D eigenvalue weighted by atomic mass is 32.1. The van der Waals surface area contributed by atoms with Crippen molar-refractivity contribution < 1.29 is 14.7 Å². The van der Waals surface area contributed by atoms with E-state index in [9.17, 15) is 9.59 Å². The standard InChI is InChI=1S/C10H17NO3S/c1-7(10(13)14)11-5-3-2-4-8(6-15)9(11)12/h7-8,15H,2-6H2,1H3,(H,13,14). The van der Waals surface area contributed by atoms with Crippen LogP contribution in [0.15, 0.2) is 0 Å². The third kappa shape index (κ3) is 2.87. The maximum absolute atomic E-state index is 11.9. The molecule has 0 aromatic heterocycles. The van der Waals surface area contributed by atoms with Crippen molar-refractivity contribution in [1.82, 2.24) is 4.90 Å². The van der Waals surface area contributed by atoms with Gasteiger partial charge in [-0.05, 0) is 19.8 Å². The molecule has 86 valence electrons. The Morgan fingerprint density at radius 3 is 2.87 bits per heavy atom. The average Bonchev–Trinajstić information content (AvgIpc) is 2.39. The van der Waals surface area contributed by atoms with Crippen molar-refractivity contribution in [2.24, 2.45) is 5.92 Å². The van der Waals surface area contributed by atoms with Gasteiger partial charge in [-0.2, -0.15) is 12.6 Å². The average molecular weight is 231 g/mol. The topological polar surface area (TPSA) is 57.6 Å². The lowest BCUT2D eigenvalue weighted by Crippen LogP contribution is -2.45. The first-order chi connectivity index (χ1) is 7.07. The normalized spacial score (nSPS) is 24.8. The first-order valence-corrected chi connectivity index (χ1v) is 5.85. The first kappa shape index (κ1) is 12.4. The molecule has 1 N–H and O–H groups in total. The smallest absolute Gasteiger partial charge is 0.326 e. The van der Waals surface area contributed by atoms with E-state index in [0.717, 1.165) is 19.3 Å². The SMILES string of the molecule is CC(C(=O)O)N1CCCCC(CS)C1=O. The molecule has 1 heterocycles. The van der Waals surface area contributed by atoms with E-state index >= 15 is 0 Å². The number of carboxylic acids is 1. The van der Waals surface area contributed by atoms with Crippen molar-refractivity contribution in [2.45, 2.75) is 32.2 Å². The fourth-order valence-electron chi connectivity index (χ4n) is 1.83. The molecule has 0 aliphatic carbocycles. The van der Waals surface area contributed by atoms with Crippen LogP contribution in [-0.4, -0.2) is 40.2 Å². The van der Waals surface area contributed by atoms with Crippen LogP contribution in [0.5, 0.6) is 0 Å². The summed E-state index contributed by atoms with van der Waals surface area (Å²) in [6.07, 6.45) is 2.68. The van der Waals surface area contributed by atoms with Crippen molar-refractivity contribution in [3.8, 4) is 0 Å². The fourth-order valence-corrected chi connectivity index (χ4v) is 2.17. The summed E-state index contributed by atoms with van der Waals surface area (Å²) in [4.78, 5) is 24.2. The predicted octanol–water partition coefficient (Wildman–Crippen LogP) is 1.02. The van der Waals surface area contributed by atoms with Gasteiger partial charge in [0.25, 0.3) is 0 Å². The molecule has 0 spiro atoms. The number of carbonyl (C=O) groups is 2. The van der Waals surface area contributed by atoms with Crippen LogP contribution in [0.2, 0.25) is 0 Å². The molecule has 2 unspecified atom stereocenters. The zero-order valence-corrected chi connectivity index (χ0v) is 9.74. The molecule has 4 nitrogen and oxygen atoms in total. The van der Waals surface area contributed by atoms with Crippen LogP contribution >= 0.6 is 12.6 Å². The van der Waals surface area contributed by atoms with Gasteiger partial charge in [0.05, 0.1) is 0 Å². The summed E-state index contributed by atoms with van der Waals surface area (Å²) in [7, 11) is 0. The lowest BCUT2D eigenvalue weighted by atomic mass is 10.0. The molecule has 15 heavy (non-hydrogen) atoms. The minimum absolute atomic E-state index is 0.0580. The quantitative estimate of drug-likeness (QED) is 0.713. The molecule has 0 saturated carbocycles. The monoisotopic (exact) mass is 231 g/mol. The van der Waals surface area contributed by atoms with Crippen molar-refractivity contribution in [1.29, 1.82) is 0 Å². The second-order valence-electron chi connectivity index (χ2n) is 3.92. The third-order valence-electron chi connectivity index (χ3n) is 2.88. The Morgan fingerprint density at radius 2 is 2.33 bits per heavy atom. The van der Waals surface area contributed by atoms with E-state index in [-0.39, 0.29) is 11.8 Å². The van der Waals surface area contributed by atoms with E-state index in [2.05, 4.69) is 12.6 Å². The zero-order chi connectivity index (χ0) is 11.4. The van der Waals surface area contributed by atoms with Crippen LogP contribution in [0.3, 0.4) is 0 Å². The van der Waals surface area contributed by atoms with Crippen molar-refractivity contribution in [2.75, 3.05) is 12.3 Å². The molecule has 1 aliphatic heterocycles. The van der Waals surface area contributed by atoms with Gasteiger partial charge in [-0.15, -0.1) is 0 Å². The minimum Gasteiger partial charge on any atom is -0.480 e. The van der Waals surface area contributed by atoms with Gasteiger partial charge in [0.15, 0.2) is 0 Å². The van der Waals surface area contributed by atoms with E-state index < -0.39 is 12.0 Å². The number of hydrogen-bond acceptors (Lipinski definition) is 3. The van der Waals surface area contributed by atoms with Crippen LogP contribution in [0.25, 0.3) is 0 Å². The molecule has 5 heteroatoms. The largest absolute Gasteiger partial charge is 0.480 e. The molecule has 2 atom stereocenters. The Labute approximate surface area is 95.1 Å². The lowest BCUT2D eigenvalue weighted by Gasteiger charge is -2.27. The number of aliphatic carboxylic acids is 1. The van der Waals surface area contributed by atoms with Gasteiger partial charge in [-0.25, -0.2) is 4.79 Å². The fraction of sp³-hybridized carbons (Fsp3) is 0.800. The van der Waals surface area contributed by atoms with E-state index in [1.54, 1.807) is 6.92 Å². The van der Waals surface area contributed by atoms with E-state index in [1.165, 1.54) is 4.90 Å². The number of nitrogens with zero attached hydrogens (tertiary/aromatic N) is 1. The highest BCUT2D eigenvalue weighted by Gasteiger charge is 2.31. The van der Waals surface area contributed by atoms with Crippen LogP contribution in [0.1, 0.15) is 26.2 Å². The number of carboxylic acid groups (broad SMARTS) is 1. The summed E-state index contributed by atoms with van der Waals surface area (Å²) in [5.74, 6) is -0.611. The van der Waals surface area contributed by atoms with Gasteiger partial charge in [0, 0.05) is 18.2 Å². The third-order valence-corrected chi connectivity index (χ3v) is 3.32. The van der Waals surface area contributed by atoms with Crippen LogP contribution in [0.4, 0.5) is 0 Å². The summed E-state index contributed by atoms with van der Waals surface area (Å²) in [5, 5.41) is 8.89. The Hall–Kier alpha value is -0.710. The molecule has 1 fully saturated rings. The Kier molecular flexibility index (Phi) is 4.45. The molecule has 1 rings (SSSR count). The van der Waals surface area contributed by atoms with Crippen molar-refractivity contribution in [3.63, 3.8) is 0 Å². The van der Waals surface area contributed by atoms with Gasteiger partial charge in [0.1, 0.15) is 6.04 Å². The Morgan fingerprint density at radius 1 is 1.67 bits per heavy atom. The maximum atomic E-state index is 11.9. The van der Waals surface area contributed by atoms with E-state index in [1.807, 2.05) is 0 Å². The molecule has 0 aromatic rings. The van der Waals surface area contributed by atoms with Gasteiger partial charge in [0.2, 0.25) is 5.91 Å². The number of thiol groups is 1. The highest BCUT2D eigenvalue weighted by molar-refractivity contribution is 7.80. The summed E-state index contributed by atoms with van der Waals surface area (Å²) in [6, 6.07) is -0.724. The second-order valence-corrected chi connectivity index (χ2v) is 4.29. The minimum atomic E-state index is -0.942. The van der Waals surface area contributed by atoms with E-state index in [0.29, 0.717) is 12.3 Å². The predicted molar refractivity (Wildman–Crippen MR) is 60.0 cm³/mol. The lowest BCUT2D eigenvalue weighted by molar-refractivity contribution is -0.150. The van der Waals surface area contributed by atoms with Crippen LogP contribution in [-0.2, 0) is 9.59 Å². The first-order valence-electron chi connectivity index (χ1n) is 5.22. The summed E-state index contributed by atoms with van der Waals surface area (Å²) < 4.78 is 0. The summed E-state index contributed by atoms with van der Waals surface area (Å²) >= 11 is 4.14.